The van der Waals surface area contributed by atoms with E-state index in [2.05, 4.69) is 53.8 Å². The minimum absolute atomic E-state index is 0.00193. The van der Waals surface area contributed by atoms with Crippen molar-refractivity contribution in [2.24, 2.45) is 13.0 Å². The van der Waals surface area contributed by atoms with E-state index in [0.29, 0.717) is 6.42 Å². The van der Waals surface area contributed by atoms with Crippen molar-refractivity contribution >= 4 is 88.6 Å². The van der Waals surface area contributed by atoms with Crippen LogP contribution in [0.1, 0.15) is 44.9 Å². The summed E-state index contributed by atoms with van der Waals surface area (Å²) in [5.41, 5.74) is 15.6. The van der Waals surface area contributed by atoms with Gasteiger partial charge in [0.25, 0.3) is 17.1 Å². The Hall–Kier alpha value is -5.84. The second-order valence-corrected chi connectivity index (χ2v) is 24.9. The SMILES string of the molecule is CCCCCOC(=O)NC[C@H]1[C@@H](O)[C@H]([n+]2cn(C)c3c(=O)[nH]c(N)nc32)O[C@@H]1COP(=O)(O)OP(=O)(O)OP(=O)(O)OC[C@H]1O[C@@H](n2cnc3c(N)ncnc32)[C@H](OC)[C@@H]1OP(=O)(O)OC[C@H]1O[C@@H](n2cnc3c(=O)[nH]c(N)nc32)[C@H](O)[C@@H]1O. The Labute approximate surface area is 469 Å². The van der Waals surface area contributed by atoms with E-state index >= 15 is 0 Å². The van der Waals surface area contributed by atoms with E-state index in [1.807, 2.05) is 6.92 Å². The summed E-state index contributed by atoms with van der Waals surface area (Å²) in [6.07, 6.45) is -12.3. The van der Waals surface area contributed by atoms with E-state index in [1.165, 1.54) is 27.1 Å². The van der Waals surface area contributed by atoms with E-state index in [1.54, 1.807) is 0 Å². The van der Waals surface area contributed by atoms with Crippen molar-refractivity contribution in [3.8, 4) is 0 Å². The summed E-state index contributed by atoms with van der Waals surface area (Å²) in [5, 5.41) is 35.9. The van der Waals surface area contributed by atoms with Gasteiger partial charge in [-0.15, -0.1) is 0 Å². The number of nitrogen functional groups attached to an aromatic ring is 3. The zero-order valence-corrected chi connectivity index (χ0v) is 47.4. The Morgan fingerprint density at radius 1 is 0.738 bits per heavy atom. The second kappa shape index (κ2) is 24.9. The maximum absolute atomic E-state index is 13.8. The van der Waals surface area contributed by atoms with E-state index in [4.69, 9.17) is 59.0 Å². The number of carbonyl (C=O) groups is 1. The third-order valence-corrected chi connectivity index (χ3v) is 18.4. The zero-order valence-electron chi connectivity index (χ0n) is 43.9. The summed E-state index contributed by atoms with van der Waals surface area (Å²) in [6, 6.07) is 0. The number of fused-ring (bicyclic) bond motifs is 3. The van der Waals surface area contributed by atoms with E-state index < -0.39 is 148 Å². The number of alkyl carbamates (subject to hydrolysis) is 1. The molecular formula is C39H57N16O25P4+. The Kier molecular flexibility index (Phi) is 18.6. The first-order chi connectivity index (χ1) is 39.6. The molecule has 1 amide bonds. The van der Waals surface area contributed by atoms with Crippen molar-refractivity contribution in [2.45, 2.75) is 93.7 Å². The van der Waals surface area contributed by atoms with E-state index in [0.717, 1.165) is 43.5 Å². The lowest BCUT2D eigenvalue weighted by Gasteiger charge is -2.26. The van der Waals surface area contributed by atoms with Crippen LogP contribution < -0.4 is 38.2 Å². The minimum Gasteiger partial charge on any atom is -0.450 e. The fourth-order valence-electron chi connectivity index (χ4n) is 9.40. The maximum atomic E-state index is 13.8. The largest absolute Gasteiger partial charge is 0.490 e. The quantitative estimate of drug-likeness (QED) is 0.0160. The number of methoxy groups -OCH3 is 1. The van der Waals surface area contributed by atoms with Gasteiger partial charge in [0.05, 0.1) is 52.2 Å². The topological polar surface area (TPSA) is 580 Å². The van der Waals surface area contributed by atoms with Crippen molar-refractivity contribution in [1.29, 1.82) is 0 Å². The van der Waals surface area contributed by atoms with Gasteiger partial charge in [-0.1, -0.05) is 24.7 Å². The molecule has 3 aliphatic heterocycles. The number of aliphatic hydroxyl groups is 3. The molecule has 6 aromatic heterocycles. The van der Waals surface area contributed by atoms with Crippen molar-refractivity contribution in [1.82, 2.24) is 58.9 Å². The predicted molar refractivity (Wildman–Crippen MR) is 275 cm³/mol. The summed E-state index contributed by atoms with van der Waals surface area (Å²) in [4.78, 5) is 110. The molecule has 9 rings (SSSR count). The number of unbranched alkanes of at least 4 members (excludes halogenated alkanes) is 2. The normalized spacial score (nSPS) is 28.4. The molecule has 84 heavy (non-hydrogen) atoms. The molecule has 3 aliphatic rings. The lowest BCUT2D eigenvalue weighted by molar-refractivity contribution is -0.745. The number of nitrogens with two attached hydrogens (primary N) is 3. The van der Waals surface area contributed by atoms with Crippen molar-refractivity contribution in [3.05, 3.63) is 46.0 Å². The van der Waals surface area contributed by atoms with E-state index in [-0.39, 0.29) is 57.8 Å². The molecule has 16 atom stereocenters. The van der Waals surface area contributed by atoms with Crippen LogP contribution in [-0.4, -0.2) is 183 Å². The summed E-state index contributed by atoms with van der Waals surface area (Å²) in [7, 11) is -21.1. The number of aliphatic hydroxyl groups excluding tert-OH is 3. The van der Waals surface area contributed by atoms with Crippen LogP contribution in [0.25, 0.3) is 33.5 Å². The number of phosphoric acid groups is 4. The van der Waals surface area contributed by atoms with Gasteiger partial charge in [0.2, 0.25) is 17.7 Å². The van der Waals surface area contributed by atoms with Crippen LogP contribution in [0.2, 0.25) is 0 Å². The number of aryl methyl sites for hydroxylation is 1. The molecule has 0 aliphatic carbocycles. The van der Waals surface area contributed by atoms with Gasteiger partial charge < -0.3 is 81.1 Å². The van der Waals surface area contributed by atoms with Gasteiger partial charge in [0.1, 0.15) is 54.6 Å². The average molecular weight is 1270 g/mol. The summed E-state index contributed by atoms with van der Waals surface area (Å²) >= 11 is 0. The van der Waals surface area contributed by atoms with Crippen molar-refractivity contribution < 1.29 is 113 Å². The highest BCUT2D eigenvalue weighted by Crippen LogP contribution is 2.68. The molecule has 45 heteroatoms. The smallest absolute Gasteiger partial charge is 0.450 e. The Morgan fingerprint density at radius 2 is 1.36 bits per heavy atom. The van der Waals surface area contributed by atoms with Gasteiger partial charge in [0.15, 0.2) is 41.4 Å². The van der Waals surface area contributed by atoms with Crippen LogP contribution in [0.3, 0.4) is 0 Å². The number of ether oxygens (including phenoxy) is 5. The molecule has 4 unspecified atom stereocenters. The lowest BCUT2D eigenvalue weighted by Crippen LogP contribution is -2.46. The van der Waals surface area contributed by atoms with Crippen LogP contribution in [0, 0.1) is 5.92 Å². The van der Waals surface area contributed by atoms with Gasteiger partial charge in [0, 0.05) is 19.6 Å². The Morgan fingerprint density at radius 3 is 2.05 bits per heavy atom. The lowest BCUT2D eigenvalue weighted by atomic mass is 9.98. The number of carbonyl (C=O) groups excluding carboxylic acids is 1. The third kappa shape index (κ3) is 13.6. The first kappa shape index (κ1) is 62.7. The number of phosphoric ester groups is 3. The summed E-state index contributed by atoms with van der Waals surface area (Å²) < 4.78 is 116. The summed E-state index contributed by atoms with van der Waals surface area (Å²) in [5.74, 6) is -1.96. The number of amides is 1. The molecule has 462 valence electrons. The molecule has 0 saturated carbocycles. The Balaban J connectivity index is 0.872. The standard InChI is InChI=1S/C39H56N16O25P4/c1-4-5-6-7-71-39(61)43-8-16-17(75-34(23(16)56)55-15-52(2)22-31(55)49-38(42)51-33(22)60)9-73-82(64,65)79-84(68,69)80-83(66,67)74-11-19-26(27(70-3)36(77-19)53-13-46-20-28(40)44-12-45-29(20)53)78-81(62,63)72-10-18-24(57)25(58)35(76-18)54-14-47-21-30(54)48-37(41)50-32(21)59/h12-19,23-27,34-36,56-58H,4-11H2,1-3H3,(H12-,40,41,42,43,44,45,48,49,50,51,59,60,61,62,63,64,65,66,67,68,69)/p+1/t16-,17-,18-,19-,23-,24-,25-,26-,27-,34-,35-,36-/m1/s1. The van der Waals surface area contributed by atoms with Gasteiger partial charge in [-0.3, -0.25) is 51.4 Å². The Bertz CT molecular complexity index is 3720. The number of anilines is 3. The number of nitrogens with one attached hydrogen (secondary N) is 3. The second-order valence-electron chi connectivity index (χ2n) is 18.9. The highest BCUT2D eigenvalue weighted by Gasteiger charge is 2.54. The maximum Gasteiger partial charge on any atom is 0.490 e. The fourth-order valence-corrected chi connectivity index (χ4v) is 13.9. The number of aromatic amines is 2. The van der Waals surface area contributed by atoms with Gasteiger partial charge in [-0.05, 0) is 6.42 Å². The van der Waals surface area contributed by atoms with Crippen molar-refractivity contribution in [3.63, 3.8) is 0 Å². The van der Waals surface area contributed by atoms with Crippen LogP contribution in [-0.2, 0) is 75.7 Å². The molecule has 0 spiro atoms. The first-order valence-corrected chi connectivity index (χ1v) is 30.8. The highest BCUT2D eigenvalue weighted by atomic mass is 31.3. The number of hydrogen-bond donors (Lipinski definition) is 13. The third-order valence-electron chi connectivity index (χ3n) is 13.2. The van der Waals surface area contributed by atoms with Crippen LogP contribution in [0.4, 0.5) is 22.5 Å². The minimum atomic E-state index is -6.26. The molecule has 6 aromatic rings. The molecule has 3 saturated heterocycles. The highest BCUT2D eigenvalue weighted by molar-refractivity contribution is 7.66. The monoisotopic (exact) mass is 1270 g/mol. The molecule has 3 fully saturated rings. The number of imidazole rings is 3. The van der Waals surface area contributed by atoms with Gasteiger partial charge in [-0.25, -0.2) is 47.6 Å². The van der Waals surface area contributed by atoms with Crippen LogP contribution in [0.15, 0.2) is 34.9 Å². The predicted octanol–water partition coefficient (Wildman–Crippen LogP) is -2.54. The number of nitrogens with zero attached hydrogens (tertiary/aromatic N) is 10. The molecule has 41 nitrogen and oxygen atoms in total. The van der Waals surface area contributed by atoms with Crippen molar-refractivity contribution in [2.75, 3.05) is 57.3 Å². The number of rotatable bonds is 25. The molecular weight excluding hydrogens is 1220 g/mol. The first-order valence-electron chi connectivity index (χ1n) is 24.8. The van der Waals surface area contributed by atoms with E-state index in [9.17, 15) is 67.5 Å². The molecule has 16 N–H and O–H groups in total. The molecule has 0 radical (unpaired) electrons. The molecule has 0 aromatic carbocycles. The summed E-state index contributed by atoms with van der Waals surface area (Å²) in [6.45, 7) is -1.78. The molecule has 0 bridgehead atoms. The fraction of sp³-hybridized carbons (Fsp3) is 0.590. The van der Waals surface area contributed by atoms with Gasteiger partial charge in [-0.2, -0.15) is 13.6 Å². The van der Waals surface area contributed by atoms with Crippen LogP contribution in [0.5, 0.6) is 0 Å². The van der Waals surface area contributed by atoms with Crippen LogP contribution >= 0.6 is 31.3 Å². The average Bonchev–Trinajstić information content (AvgIpc) is 3.45. The molecule has 9 heterocycles. The number of H-pyrrole nitrogens is 2. The number of hydrogen-bond acceptors (Lipinski definition) is 30. The number of aromatic nitrogens is 12. The van der Waals surface area contributed by atoms with Gasteiger partial charge >= 0.3 is 43.0 Å². The zero-order chi connectivity index (χ0) is 60.8.